The van der Waals surface area contributed by atoms with Gasteiger partial charge in [0.05, 0.1) is 11.4 Å². The maximum atomic E-state index is 14.7. The summed E-state index contributed by atoms with van der Waals surface area (Å²) < 4.78 is 14.7. The molecule has 1 fully saturated rings. The molecule has 2 amide bonds. The highest BCUT2D eigenvalue weighted by molar-refractivity contribution is 7.19. The zero-order chi connectivity index (χ0) is 18.7. The summed E-state index contributed by atoms with van der Waals surface area (Å²) in [6.45, 7) is -0.0302. The van der Waals surface area contributed by atoms with Crippen molar-refractivity contribution in [3.05, 3.63) is 36.0 Å². The molecule has 1 aliphatic heterocycles. The van der Waals surface area contributed by atoms with Crippen LogP contribution in [0.1, 0.15) is 16.8 Å². The minimum atomic E-state index is -2.10. The fourth-order valence-corrected chi connectivity index (χ4v) is 3.48. The molecule has 1 saturated heterocycles. The monoisotopic (exact) mass is 373 g/mol. The third-order valence-electron chi connectivity index (χ3n) is 4.13. The molecule has 0 aliphatic carbocycles. The first-order valence-electron chi connectivity index (χ1n) is 7.88. The lowest BCUT2D eigenvalue weighted by Crippen LogP contribution is -2.40. The molecule has 1 aromatic carbocycles. The van der Waals surface area contributed by atoms with Gasteiger partial charge in [0.25, 0.3) is 11.8 Å². The van der Waals surface area contributed by atoms with Crippen molar-refractivity contribution >= 4 is 28.3 Å². The number of nitriles is 1. The van der Waals surface area contributed by atoms with Crippen LogP contribution >= 0.6 is 11.3 Å². The Kier molecular flexibility index (Phi) is 4.86. The number of nitrogens with one attached hydrogen (secondary N) is 2. The van der Waals surface area contributed by atoms with E-state index in [1.54, 1.807) is 31.4 Å². The quantitative estimate of drug-likeness (QED) is 0.799. The van der Waals surface area contributed by atoms with Gasteiger partial charge < -0.3 is 10.2 Å². The first-order valence-corrected chi connectivity index (χ1v) is 8.70. The lowest BCUT2D eigenvalue weighted by molar-refractivity contribution is -0.126. The highest BCUT2D eigenvalue weighted by Gasteiger charge is 2.45. The van der Waals surface area contributed by atoms with E-state index in [2.05, 4.69) is 15.6 Å². The summed E-state index contributed by atoms with van der Waals surface area (Å²) >= 11 is 1.19. The molecule has 1 aromatic heterocycles. The number of benzene rings is 1. The fourth-order valence-electron chi connectivity index (χ4n) is 2.68. The average molecular weight is 373 g/mol. The second-order valence-corrected chi connectivity index (χ2v) is 6.91. The molecule has 134 valence electrons. The van der Waals surface area contributed by atoms with Gasteiger partial charge in [0, 0.05) is 31.8 Å². The first kappa shape index (κ1) is 17.8. The predicted octanol–water partition coefficient (Wildman–Crippen LogP) is 2.00. The van der Waals surface area contributed by atoms with Crippen LogP contribution in [-0.4, -0.2) is 47.5 Å². The third-order valence-corrected chi connectivity index (χ3v) is 5.09. The summed E-state index contributed by atoms with van der Waals surface area (Å²) in [6, 6.07) is 6.99. The summed E-state index contributed by atoms with van der Waals surface area (Å²) in [4.78, 5) is 30.0. The maximum absolute atomic E-state index is 14.7. The minimum Gasteiger partial charge on any atom is -0.355 e. The van der Waals surface area contributed by atoms with Crippen LogP contribution in [0.5, 0.6) is 0 Å². The van der Waals surface area contributed by atoms with Gasteiger partial charge in [-0.15, -0.1) is 0 Å². The molecule has 3 rings (SSSR count). The van der Waals surface area contributed by atoms with Gasteiger partial charge in [0.2, 0.25) is 5.67 Å². The Hall–Kier alpha value is -2.99. The fraction of sp³-hybridized carbons (Fsp3) is 0.294. The number of carbonyl (C=O) groups is 2. The van der Waals surface area contributed by atoms with E-state index in [9.17, 15) is 14.0 Å². The maximum Gasteiger partial charge on any atom is 0.265 e. The summed E-state index contributed by atoms with van der Waals surface area (Å²) in [5.74, 6) is -0.997. The second-order valence-electron chi connectivity index (χ2n) is 5.88. The molecule has 0 saturated carbocycles. The molecule has 9 heteroatoms. The van der Waals surface area contributed by atoms with E-state index in [0.717, 1.165) is 10.4 Å². The number of likely N-dealkylation sites (tertiary alicyclic amines) is 1. The van der Waals surface area contributed by atoms with Gasteiger partial charge in [-0.1, -0.05) is 23.5 Å². The van der Waals surface area contributed by atoms with Crippen molar-refractivity contribution < 1.29 is 14.0 Å². The normalized spacial score (nSPS) is 19.0. The van der Waals surface area contributed by atoms with Crippen LogP contribution in [0.15, 0.2) is 30.5 Å². The molecular weight excluding hydrogens is 357 g/mol. The minimum absolute atomic E-state index is 0.0290. The Morgan fingerprint density at radius 1 is 1.46 bits per heavy atom. The number of halogens is 1. The summed E-state index contributed by atoms with van der Waals surface area (Å²) in [7, 11) is 1.55. The van der Waals surface area contributed by atoms with Crippen LogP contribution in [0.4, 0.5) is 9.52 Å². The zero-order valence-corrected chi connectivity index (χ0v) is 14.8. The smallest absolute Gasteiger partial charge is 0.265 e. The standard InChI is InChI=1S/C17H16FN5O2S/c1-20-14(24)12-4-2-3-11(7-12)13-8-21-16(26-13)22-15(25)17(18)5-6-23(9-17)10-19/h2-4,7-8H,5-6,9H2,1H3,(H,20,24)(H,21,22,25)/t17-/m1/s1. The summed E-state index contributed by atoms with van der Waals surface area (Å²) in [5, 5.41) is 14.1. The molecule has 26 heavy (non-hydrogen) atoms. The van der Waals surface area contributed by atoms with Gasteiger partial charge in [-0.25, -0.2) is 9.37 Å². The topological polar surface area (TPSA) is 98.1 Å². The zero-order valence-electron chi connectivity index (χ0n) is 14.0. The van der Waals surface area contributed by atoms with Crippen molar-refractivity contribution in [1.82, 2.24) is 15.2 Å². The van der Waals surface area contributed by atoms with Crippen molar-refractivity contribution in [3.8, 4) is 16.6 Å². The molecule has 0 bridgehead atoms. The Balaban J connectivity index is 1.74. The lowest BCUT2D eigenvalue weighted by Gasteiger charge is -2.16. The van der Waals surface area contributed by atoms with Crippen LogP contribution in [0.3, 0.4) is 0 Å². The number of rotatable bonds is 4. The molecule has 2 N–H and O–H groups in total. The molecular formula is C17H16FN5O2S. The van der Waals surface area contributed by atoms with E-state index >= 15 is 0 Å². The number of thiazole rings is 1. The summed E-state index contributed by atoms with van der Waals surface area (Å²) in [6.07, 6.45) is 3.38. The molecule has 0 radical (unpaired) electrons. The largest absolute Gasteiger partial charge is 0.355 e. The average Bonchev–Trinajstić information content (AvgIpc) is 3.28. The molecule has 7 nitrogen and oxygen atoms in total. The molecule has 0 spiro atoms. The van der Waals surface area contributed by atoms with Crippen molar-refractivity contribution in [1.29, 1.82) is 5.26 Å². The number of amides is 2. The molecule has 2 aromatic rings. The van der Waals surface area contributed by atoms with Crippen LogP contribution in [0.25, 0.3) is 10.4 Å². The highest BCUT2D eigenvalue weighted by atomic mass is 32.1. The number of carbonyl (C=O) groups excluding carboxylic acids is 2. The van der Waals surface area contributed by atoms with Crippen LogP contribution in [-0.2, 0) is 4.79 Å². The Morgan fingerprint density at radius 3 is 2.96 bits per heavy atom. The lowest BCUT2D eigenvalue weighted by atomic mass is 10.1. The molecule has 1 atom stereocenters. The van der Waals surface area contributed by atoms with Gasteiger partial charge >= 0.3 is 0 Å². The number of alkyl halides is 1. The van der Waals surface area contributed by atoms with Gasteiger partial charge in [-0.2, -0.15) is 5.26 Å². The molecule has 2 heterocycles. The highest BCUT2D eigenvalue weighted by Crippen LogP contribution is 2.32. The van der Waals surface area contributed by atoms with Crippen molar-refractivity contribution in [3.63, 3.8) is 0 Å². The van der Waals surface area contributed by atoms with Crippen molar-refractivity contribution in [2.45, 2.75) is 12.1 Å². The van der Waals surface area contributed by atoms with Crippen LogP contribution in [0.2, 0.25) is 0 Å². The number of hydrogen-bond donors (Lipinski definition) is 2. The number of anilines is 1. The van der Waals surface area contributed by atoms with E-state index in [0.29, 0.717) is 5.56 Å². The second kappa shape index (κ2) is 7.09. The van der Waals surface area contributed by atoms with E-state index in [1.807, 2.05) is 12.3 Å². The van der Waals surface area contributed by atoms with Crippen molar-refractivity contribution in [2.24, 2.45) is 0 Å². The number of nitrogens with zero attached hydrogens (tertiary/aromatic N) is 3. The first-order chi connectivity index (χ1) is 12.4. The van der Waals surface area contributed by atoms with Crippen LogP contribution < -0.4 is 10.6 Å². The van der Waals surface area contributed by atoms with Gasteiger partial charge in [-0.05, 0) is 17.7 Å². The van der Waals surface area contributed by atoms with Gasteiger partial charge in [0.1, 0.15) is 0 Å². The Bertz CT molecular complexity index is 893. The van der Waals surface area contributed by atoms with E-state index in [-0.39, 0.29) is 30.5 Å². The molecule has 1 aliphatic rings. The SMILES string of the molecule is CNC(=O)c1cccc(-c2cnc(NC(=O)[C@@]3(F)CCN(C#N)C3)s2)c1. The van der Waals surface area contributed by atoms with Gasteiger partial charge in [-0.3, -0.25) is 14.9 Å². The van der Waals surface area contributed by atoms with E-state index in [4.69, 9.17) is 5.26 Å². The van der Waals surface area contributed by atoms with E-state index < -0.39 is 11.6 Å². The van der Waals surface area contributed by atoms with Crippen LogP contribution in [0, 0.1) is 11.5 Å². The Morgan fingerprint density at radius 2 is 2.27 bits per heavy atom. The van der Waals surface area contributed by atoms with E-state index in [1.165, 1.54) is 16.2 Å². The summed E-state index contributed by atoms with van der Waals surface area (Å²) in [5.41, 5.74) is -0.814. The third kappa shape index (κ3) is 3.50. The number of aromatic nitrogens is 1. The predicted molar refractivity (Wildman–Crippen MR) is 95.2 cm³/mol. The van der Waals surface area contributed by atoms with Gasteiger partial charge in [0.15, 0.2) is 11.3 Å². The van der Waals surface area contributed by atoms with Crippen molar-refractivity contribution in [2.75, 3.05) is 25.5 Å². The molecule has 0 unspecified atom stereocenters. The number of hydrogen-bond acceptors (Lipinski definition) is 6. The Labute approximate surface area is 153 Å².